The number of nitrogens with zero attached hydrogens (tertiary/aromatic N) is 2. The van der Waals surface area contributed by atoms with Crippen molar-refractivity contribution in [2.75, 3.05) is 13.7 Å². The van der Waals surface area contributed by atoms with Gasteiger partial charge in [-0.3, -0.25) is 4.79 Å². The van der Waals surface area contributed by atoms with Crippen LogP contribution in [0, 0.1) is 11.3 Å². The molecule has 0 aliphatic heterocycles. The van der Waals surface area contributed by atoms with Crippen molar-refractivity contribution < 1.29 is 23.5 Å². The number of fused-ring (bicyclic) bond motifs is 1. The van der Waals surface area contributed by atoms with Crippen molar-refractivity contribution >= 4 is 22.8 Å². The van der Waals surface area contributed by atoms with E-state index in [-0.39, 0.29) is 12.4 Å². The summed E-state index contributed by atoms with van der Waals surface area (Å²) >= 11 is 0. The average molecular weight is 412 g/mol. The zero-order valence-corrected chi connectivity index (χ0v) is 17.8. The van der Waals surface area contributed by atoms with Crippen molar-refractivity contribution in [3.05, 3.63) is 35.6 Å². The van der Waals surface area contributed by atoms with Crippen molar-refractivity contribution in [2.24, 2.45) is 0 Å². The third kappa shape index (κ3) is 4.19. The molecule has 0 unspecified atom stereocenters. The van der Waals surface area contributed by atoms with E-state index in [2.05, 4.69) is 6.07 Å². The van der Waals surface area contributed by atoms with E-state index < -0.39 is 23.5 Å². The normalized spacial score (nSPS) is 16.6. The molecule has 7 nitrogen and oxygen atoms in total. The summed E-state index contributed by atoms with van der Waals surface area (Å²) in [5.41, 5.74) is 0.322. The first-order chi connectivity index (χ1) is 14.4. The summed E-state index contributed by atoms with van der Waals surface area (Å²) in [6.07, 6.45) is 3.09. The van der Waals surface area contributed by atoms with Crippen molar-refractivity contribution in [3.63, 3.8) is 0 Å². The average Bonchev–Trinajstić information content (AvgIpc) is 3.15. The molecule has 0 N–H and O–H groups in total. The number of para-hydroxylation sites is 1. The molecule has 0 saturated heterocycles. The van der Waals surface area contributed by atoms with E-state index in [9.17, 15) is 14.9 Å². The Labute approximate surface area is 176 Å². The molecular weight excluding hydrogens is 384 g/mol. The molecule has 0 radical (unpaired) electrons. The Hall–Kier alpha value is -2.85. The summed E-state index contributed by atoms with van der Waals surface area (Å²) in [5.74, 6) is -1.07. The van der Waals surface area contributed by atoms with Gasteiger partial charge in [0.15, 0.2) is 6.10 Å². The maximum Gasteiger partial charge on any atom is 0.375 e. The highest BCUT2D eigenvalue weighted by Crippen LogP contribution is 2.33. The number of carbonyl (C=O) groups is 2. The number of ether oxygens (including phenoxy) is 2. The van der Waals surface area contributed by atoms with Crippen LogP contribution in [-0.2, 0) is 20.9 Å². The third-order valence-electron chi connectivity index (χ3n) is 5.83. The summed E-state index contributed by atoms with van der Waals surface area (Å²) in [6.45, 7) is 4.09. The minimum Gasteiger partial charge on any atom is -0.449 e. The Bertz CT molecular complexity index is 952. The first-order valence-corrected chi connectivity index (χ1v) is 10.4. The summed E-state index contributed by atoms with van der Waals surface area (Å²) in [6, 6.07) is 9.61. The molecule has 2 aromatic rings. The number of benzene rings is 1. The van der Waals surface area contributed by atoms with Gasteiger partial charge in [0.1, 0.15) is 11.1 Å². The predicted octanol–water partition coefficient (Wildman–Crippen LogP) is 4.20. The van der Waals surface area contributed by atoms with E-state index in [1.165, 1.54) is 11.8 Å². The van der Waals surface area contributed by atoms with E-state index >= 15 is 0 Å². The van der Waals surface area contributed by atoms with Crippen molar-refractivity contribution in [2.45, 2.75) is 64.2 Å². The minimum absolute atomic E-state index is 0.0413. The van der Waals surface area contributed by atoms with Crippen LogP contribution in [0.3, 0.4) is 0 Å². The van der Waals surface area contributed by atoms with Crippen LogP contribution in [-0.4, -0.2) is 42.1 Å². The maximum absolute atomic E-state index is 12.9. The second kappa shape index (κ2) is 9.31. The van der Waals surface area contributed by atoms with Gasteiger partial charge in [0, 0.05) is 24.6 Å². The fourth-order valence-corrected chi connectivity index (χ4v) is 4.02. The van der Waals surface area contributed by atoms with Crippen LogP contribution >= 0.6 is 0 Å². The van der Waals surface area contributed by atoms with Gasteiger partial charge in [0.2, 0.25) is 5.76 Å². The lowest BCUT2D eigenvalue weighted by molar-refractivity contribution is -0.143. The smallest absolute Gasteiger partial charge is 0.375 e. The monoisotopic (exact) mass is 412 g/mol. The Morgan fingerprint density at radius 3 is 2.63 bits per heavy atom. The minimum atomic E-state index is -1.04. The van der Waals surface area contributed by atoms with Crippen LogP contribution in [0.5, 0.6) is 0 Å². The van der Waals surface area contributed by atoms with Gasteiger partial charge in [-0.25, -0.2) is 4.79 Å². The van der Waals surface area contributed by atoms with E-state index in [1.54, 1.807) is 13.1 Å². The van der Waals surface area contributed by atoms with E-state index in [0.29, 0.717) is 30.6 Å². The highest BCUT2D eigenvalue weighted by molar-refractivity contribution is 5.97. The summed E-state index contributed by atoms with van der Waals surface area (Å²) in [4.78, 5) is 27.2. The number of amides is 1. The summed E-state index contributed by atoms with van der Waals surface area (Å²) in [7, 11) is 1.61. The number of esters is 1. The van der Waals surface area contributed by atoms with Crippen LogP contribution < -0.4 is 0 Å². The number of carbonyl (C=O) groups excluding carboxylic acids is 2. The first-order valence-electron chi connectivity index (χ1n) is 10.4. The Morgan fingerprint density at radius 1 is 1.27 bits per heavy atom. The fourth-order valence-electron chi connectivity index (χ4n) is 4.02. The van der Waals surface area contributed by atoms with Gasteiger partial charge >= 0.3 is 5.97 Å². The molecule has 7 heteroatoms. The first kappa shape index (κ1) is 21.8. The number of rotatable bonds is 7. The molecular formula is C23H28N2O5. The SMILES string of the molecule is CCOCc1c(C(=O)O[C@H](C)C(=O)N(C)C2(C#N)CCCCC2)oc2ccccc12. The van der Waals surface area contributed by atoms with Gasteiger partial charge in [0.05, 0.1) is 12.7 Å². The molecule has 1 saturated carbocycles. The quantitative estimate of drug-likeness (QED) is 0.633. The van der Waals surface area contributed by atoms with Crippen LogP contribution in [0.25, 0.3) is 11.0 Å². The molecule has 1 heterocycles. The maximum atomic E-state index is 12.9. The highest BCUT2D eigenvalue weighted by Gasteiger charge is 2.41. The molecule has 1 fully saturated rings. The molecule has 1 atom stereocenters. The van der Waals surface area contributed by atoms with E-state index in [4.69, 9.17) is 13.9 Å². The largest absolute Gasteiger partial charge is 0.449 e. The van der Waals surface area contributed by atoms with Gasteiger partial charge in [-0.15, -0.1) is 0 Å². The summed E-state index contributed by atoms with van der Waals surface area (Å²) in [5, 5.41) is 10.5. The highest BCUT2D eigenvalue weighted by atomic mass is 16.6. The lowest BCUT2D eigenvalue weighted by Crippen LogP contribution is -2.53. The molecule has 0 spiro atoms. The van der Waals surface area contributed by atoms with Gasteiger partial charge in [0.25, 0.3) is 5.91 Å². The van der Waals surface area contributed by atoms with Crippen molar-refractivity contribution in [3.8, 4) is 6.07 Å². The summed E-state index contributed by atoms with van der Waals surface area (Å²) < 4.78 is 16.7. The second-order valence-electron chi connectivity index (χ2n) is 7.69. The molecule has 1 aromatic carbocycles. The fraction of sp³-hybridized carbons (Fsp3) is 0.522. The van der Waals surface area contributed by atoms with Crippen LogP contribution in [0.15, 0.2) is 28.7 Å². The standard InChI is InChI=1S/C23H28N2O5/c1-4-28-14-18-17-10-6-7-11-19(17)30-20(18)22(27)29-16(2)21(26)25(3)23(15-24)12-8-5-9-13-23/h6-7,10-11,16H,4-5,8-9,12-14H2,1-3H3/t16-/m1/s1. The molecule has 1 aliphatic carbocycles. The zero-order valence-electron chi connectivity index (χ0n) is 17.8. The van der Waals surface area contributed by atoms with E-state index in [0.717, 1.165) is 24.6 Å². The van der Waals surface area contributed by atoms with Gasteiger partial charge < -0.3 is 18.8 Å². The van der Waals surface area contributed by atoms with Crippen molar-refractivity contribution in [1.82, 2.24) is 4.90 Å². The van der Waals surface area contributed by atoms with Crippen LogP contribution in [0.4, 0.5) is 0 Å². The van der Waals surface area contributed by atoms with Crippen molar-refractivity contribution in [1.29, 1.82) is 5.26 Å². The topological polar surface area (TPSA) is 92.8 Å². The molecule has 3 rings (SSSR count). The Morgan fingerprint density at radius 2 is 1.97 bits per heavy atom. The number of hydrogen-bond donors (Lipinski definition) is 0. The molecule has 1 aromatic heterocycles. The Kier molecular flexibility index (Phi) is 6.78. The molecule has 30 heavy (non-hydrogen) atoms. The predicted molar refractivity (Wildman–Crippen MR) is 111 cm³/mol. The Balaban J connectivity index is 1.78. The van der Waals surface area contributed by atoms with E-state index in [1.807, 2.05) is 25.1 Å². The number of nitriles is 1. The van der Waals surface area contributed by atoms with Gasteiger partial charge in [-0.05, 0) is 32.8 Å². The molecule has 160 valence electrons. The molecule has 0 bridgehead atoms. The third-order valence-corrected chi connectivity index (χ3v) is 5.83. The van der Waals surface area contributed by atoms with Gasteiger partial charge in [-0.1, -0.05) is 37.5 Å². The molecule has 1 aliphatic rings. The number of likely N-dealkylation sites (N-methyl/N-ethyl adjacent to an activating group) is 1. The lowest BCUT2D eigenvalue weighted by Gasteiger charge is -2.39. The van der Waals surface area contributed by atoms with Crippen LogP contribution in [0.1, 0.15) is 62.1 Å². The number of hydrogen-bond acceptors (Lipinski definition) is 6. The lowest BCUT2D eigenvalue weighted by atomic mass is 9.81. The number of furan rings is 1. The second-order valence-corrected chi connectivity index (χ2v) is 7.69. The van der Waals surface area contributed by atoms with Gasteiger partial charge in [-0.2, -0.15) is 5.26 Å². The van der Waals surface area contributed by atoms with Crippen LogP contribution in [0.2, 0.25) is 0 Å². The zero-order chi connectivity index (χ0) is 21.7. The molecule has 1 amide bonds.